The van der Waals surface area contributed by atoms with E-state index in [0.717, 1.165) is 29.3 Å². The maximum atomic E-state index is 12.4. The van der Waals surface area contributed by atoms with E-state index in [9.17, 15) is 8.42 Å². The van der Waals surface area contributed by atoms with E-state index in [4.69, 9.17) is 0 Å². The molecule has 0 radical (unpaired) electrons. The van der Waals surface area contributed by atoms with E-state index in [1.807, 2.05) is 6.92 Å². The zero-order valence-corrected chi connectivity index (χ0v) is 13.7. The van der Waals surface area contributed by atoms with Gasteiger partial charge in [-0.15, -0.1) is 0 Å². The van der Waals surface area contributed by atoms with Gasteiger partial charge in [-0.2, -0.15) is 0 Å². The minimum absolute atomic E-state index is 0.0719. The van der Waals surface area contributed by atoms with E-state index >= 15 is 0 Å². The van der Waals surface area contributed by atoms with Crippen molar-refractivity contribution in [2.75, 3.05) is 0 Å². The van der Waals surface area contributed by atoms with Crippen LogP contribution in [0.3, 0.4) is 0 Å². The highest BCUT2D eigenvalue weighted by atomic mass is 79.9. The van der Waals surface area contributed by atoms with E-state index in [-0.39, 0.29) is 6.04 Å². The van der Waals surface area contributed by atoms with E-state index in [1.165, 1.54) is 6.42 Å². The largest absolute Gasteiger partial charge is 0.240 e. The summed E-state index contributed by atoms with van der Waals surface area (Å²) in [5.74, 6) is 0.417. The molecular formula is C14H20BrNO2S. The van der Waals surface area contributed by atoms with Crippen LogP contribution >= 0.6 is 15.9 Å². The van der Waals surface area contributed by atoms with E-state index < -0.39 is 10.0 Å². The molecule has 1 N–H and O–H groups in total. The van der Waals surface area contributed by atoms with Gasteiger partial charge in [-0.3, -0.25) is 0 Å². The zero-order chi connectivity index (χ0) is 14.0. The third kappa shape index (κ3) is 3.58. The molecule has 1 aromatic carbocycles. The van der Waals surface area contributed by atoms with Gasteiger partial charge in [0.2, 0.25) is 10.0 Å². The summed E-state index contributed by atoms with van der Waals surface area (Å²) in [4.78, 5) is 0.353. The third-order valence-electron chi connectivity index (χ3n) is 3.86. The molecule has 1 aliphatic carbocycles. The van der Waals surface area contributed by atoms with Crippen molar-refractivity contribution in [2.24, 2.45) is 5.92 Å². The number of sulfonamides is 1. The van der Waals surface area contributed by atoms with Crippen molar-refractivity contribution in [2.45, 2.75) is 50.5 Å². The molecule has 19 heavy (non-hydrogen) atoms. The highest BCUT2D eigenvalue weighted by Gasteiger charge is 2.26. The lowest BCUT2D eigenvalue weighted by Gasteiger charge is -2.29. The molecule has 0 bridgehead atoms. The van der Waals surface area contributed by atoms with Crippen LogP contribution in [0.2, 0.25) is 0 Å². The highest BCUT2D eigenvalue weighted by molar-refractivity contribution is 9.10. The van der Waals surface area contributed by atoms with Crippen LogP contribution in [0.4, 0.5) is 0 Å². The van der Waals surface area contributed by atoms with Gasteiger partial charge in [0.05, 0.1) is 4.90 Å². The lowest BCUT2D eigenvalue weighted by molar-refractivity contribution is 0.310. The second kappa shape index (κ2) is 5.94. The predicted octanol–water partition coefficient (Wildman–Crippen LogP) is 3.61. The summed E-state index contributed by atoms with van der Waals surface area (Å²) in [6.45, 7) is 4.02. The van der Waals surface area contributed by atoms with Gasteiger partial charge in [-0.1, -0.05) is 35.7 Å². The SMILES string of the molecule is Cc1cc(S(=O)(=O)N[C@H]2CCCC[C@@H]2C)ccc1Br. The quantitative estimate of drug-likeness (QED) is 0.909. The van der Waals surface area contributed by atoms with Crippen molar-refractivity contribution in [3.63, 3.8) is 0 Å². The van der Waals surface area contributed by atoms with Gasteiger partial charge in [0.15, 0.2) is 0 Å². The molecular weight excluding hydrogens is 326 g/mol. The van der Waals surface area contributed by atoms with Gasteiger partial charge in [0.25, 0.3) is 0 Å². The maximum Gasteiger partial charge on any atom is 0.240 e. The fraction of sp³-hybridized carbons (Fsp3) is 0.571. The lowest BCUT2D eigenvalue weighted by atomic mass is 9.87. The number of halogens is 1. The van der Waals surface area contributed by atoms with Crippen LogP contribution in [0.1, 0.15) is 38.2 Å². The molecule has 5 heteroatoms. The summed E-state index contributed by atoms with van der Waals surface area (Å²) in [6.07, 6.45) is 4.36. The summed E-state index contributed by atoms with van der Waals surface area (Å²) in [7, 11) is -3.40. The summed E-state index contributed by atoms with van der Waals surface area (Å²) in [6, 6.07) is 5.21. The monoisotopic (exact) mass is 345 g/mol. The number of nitrogens with one attached hydrogen (secondary N) is 1. The summed E-state index contributed by atoms with van der Waals surface area (Å²) < 4.78 is 28.6. The van der Waals surface area contributed by atoms with Crippen molar-refractivity contribution >= 4 is 26.0 Å². The number of aryl methyl sites for hydroxylation is 1. The van der Waals surface area contributed by atoms with E-state index in [1.54, 1.807) is 18.2 Å². The van der Waals surface area contributed by atoms with Crippen LogP contribution in [0, 0.1) is 12.8 Å². The second-order valence-corrected chi connectivity index (χ2v) is 7.97. The van der Waals surface area contributed by atoms with E-state index in [0.29, 0.717) is 10.8 Å². The molecule has 1 aromatic rings. The molecule has 1 aliphatic rings. The first kappa shape index (κ1) is 15.0. The topological polar surface area (TPSA) is 46.2 Å². The molecule has 0 amide bonds. The molecule has 0 saturated heterocycles. The van der Waals surface area contributed by atoms with Gasteiger partial charge in [-0.05, 0) is 49.4 Å². The Kier molecular flexibility index (Phi) is 4.69. The zero-order valence-electron chi connectivity index (χ0n) is 11.3. The fourth-order valence-corrected chi connectivity index (χ4v) is 4.25. The number of rotatable bonds is 3. The number of benzene rings is 1. The average Bonchev–Trinajstić information content (AvgIpc) is 2.35. The van der Waals surface area contributed by atoms with Crippen molar-refractivity contribution in [3.05, 3.63) is 28.2 Å². The molecule has 3 nitrogen and oxygen atoms in total. The Morgan fingerprint density at radius 1 is 1.26 bits per heavy atom. The van der Waals surface area contributed by atoms with Crippen LogP contribution in [0.25, 0.3) is 0 Å². The minimum atomic E-state index is -3.40. The van der Waals surface area contributed by atoms with Crippen molar-refractivity contribution < 1.29 is 8.42 Å². The third-order valence-corrected chi connectivity index (χ3v) is 6.24. The van der Waals surface area contributed by atoms with Gasteiger partial charge < -0.3 is 0 Å². The average molecular weight is 346 g/mol. The molecule has 2 atom stereocenters. The number of hydrogen-bond donors (Lipinski definition) is 1. The van der Waals surface area contributed by atoms with E-state index in [2.05, 4.69) is 27.6 Å². The Morgan fingerprint density at radius 2 is 1.95 bits per heavy atom. The lowest BCUT2D eigenvalue weighted by Crippen LogP contribution is -2.40. The van der Waals surface area contributed by atoms with Crippen molar-refractivity contribution in [1.82, 2.24) is 4.72 Å². The first-order valence-electron chi connectivity index (χ1n) is 6.68. The highest BCUT2D eigenvalue weighted by Crippen LogP contribution is 2.26. The van der Waals surface area contributed by atoms with Crippen LogP contribution in [0.5, 0.6) is 0 Å². The summed E-state index contributed by atoms with van der Waals surface area (Å²) in [5.41, 5.74) is 0.930. The second-order valence-electron chi connectivity index (χ2n) is 5.40. The normalized spacial score (nSPS) is 24.4. The van der Waals surface area contributed by atoms with Crippen LogP contribution in [-0.2, 0) is 10.0 Å². The van der Waals surface area contributed by atoms with Crippen LogP contribution in [-0.4, -0.2) is 14.5 Å². The molecule has 0 aromatic heterocycles. The Morgan fingerprint density at radius 3 is 2.58 bits per heavy atom. The van der Waals surface area contributed by atoms with Gasteiger partial charge in [0, 0.05) is 10.5 Å². The van der Waals surface area contributed by atoms with Crippen LogP contribution in [0.15, 0.2) is 27.6 Å². The smallest absolute Gasteiger partial charge is 0.208 e. The first-order chi connectivity index (χ1) is 8.90. The first-order valence-corrected chi connectivity index (χ1v) is 8.96. The molecule has 1 fully saturated rings. The van der Waals surface area contributed by atoms with Crippen LogP contribution < -0.4 is 4.72 Å². The molecule has 2 rings (SSSR count). The molecule has 0 aliphatic heterocycles. The maximum absolute atomic E-state index is 12.4. The standard InChI is InChI=1S/C14H20BrNO2S/c1-10-5-3-4-6-14(10)16-19(17,18)12-7-8-13(15)11(2)9-12/h7-10,14,16H,3-6H2,1-2H3/t10-,14-/m0/s1. The molecule has 106 valence electrons. The Balaban J connectivity index is 2.19. The number of hydrogen-bond acceptors (Lipinski definition) is 2. The van der Waals surface area contributed by atoms with Gasteiger partial charge in [0.1, 0.15) is 0 Å². The van der Waals surface area contributed by atoms with Gasteiger partial charge >= 0.3 is 0 Å². The summed E-state index contributed by atoms with van der Waals surface area (Å²) in [5, 5.41) is 0. The minimum Gasteiger partial charge on any atom is -0.208 e. The Labute approximate surface area is 124 Å². The molecule has 0 spiro atoms. The van der Waals surface area contributed by atoms with Gasteiger partial charge in [-0.25, -0.2) is 13.1 Å². The van der Waals surface area contributed by atoms with Crippen molar-refractivity contribution in [1.29, 1.82) is 0 Å². The Hall–Kier alpha value is -0.390. The molecule has 0 unspecified atom stereocenters. The fourth-order valence-electron chi connectivity index (χ4n) is 2.54. The predicted molar refractivity (Wildman–Crippen MR) is 80.6 cm³/mol. The van der Waals surface area contributed by atoms with Crippen molar-refractivity contribution in [3.8, 4) is 0 Å². The molecule has 0 heterocycles. The Bertz CT molecular complexity index is 557. The summed E-state index contributed by atoms with van der Waals surface area (Å²) >= 11 is 3.39. The molecule has 1 saturated carbocycles.